The summed E-state index contributed by atoms with van der Waals surface area (Å²) in [7, 11) is 0. The lowest BCUT2D eigenvalue weighted by Gasteiger charge is -2.33. The quantitative estimate of drug-likeness (QED) is 0.273. The minimum absolute atomic E-state index is 0.0410. The number of ether oxygens (including phenoxy) is 1. The summed E-state index contributed by atoms with van der Waals surface area (Å²) < 4.78 is 5.30. The minimum Gasteiger partial charge on any atom is -0.444 e. The largest absolute Gasteiger partial charge is 0.444 e. The molecule has 2 unspecified atom stereocenters. The molecule has 0 saturated carbocycles. The van der Waals surface area contributed by atoms with E-state index in [9.17, 15) is 19.2 Å². The van der Waals surface area contributed by atoms with Gasteiger partial charge in [0.2, 0.25) is 17.7 Å². The van der Waals surface area contributed by atoms with Crippen molar-refractivity contribution in [3.8, 4) is 0 Å². The van der Waals surface area contributed by atoms with Gasteiger partial charge in [0.25, 0.3) is 0 Å². The van der Waals surface area contributed by atoms with E-state index in [2.05, 4.69) is 24.1 Å². The van der Waals surface area contributed by atoms with Crippen molar-refractivity contribution < 1.29 is 23.9 Å². The van der Waals surface area contributed by atoms with Crippen molar-refractivity contribution in [2.75, 3.05) is 13.1 Å². The number of rotatable bonds is 14. The Labute approximate surface area is 208 Å². The molecule has 0 aliphatic rings. The zero-order chi connectivity index (χ0) is 26.4. The number of nitrogens with two attached hydrogens (primary N) is 1. The Bertz CT molecular complexity index is 851. The van der Waals surface area contributed by atoms with Crippen LogP contribution in [0.5, 0.6) is 0 Å². The third-order valence-electron chi connectivity index (χ3n) is 5.03. The number of carbonyl (C=O) groups excluding carboxylic acids is 4. The van der Waals surface area contributed by atoms with Crippen LogP contribution < -0.4 is 16.4 Å². The maximum Gasteiger partial charge on any atom is 0.408 e. The molecule has 35 heavy (non-hydrogen) atoms. The summed E-state index contributed by atoms with van der Waals surface area (Å²) in [5.41, 5.74) is 5.13. The van der Waals surface area contributed by atoms with Gasteiger partial charge in [-0.25, -0.2) is 4.79 Å². The molecule has 2 atom stereocenters. The minimum atomic E-state index is -1.13. The fraction of sp³-hybridized carbons (Fsp3) is 0.538. The van der Waals surface area contributed by atoms with Crippen molar-refractivity contribution in [2.45, 2.75) is 77.5 Å². The first kappa shape index (κ1) is 29.7. The summed E-state index contributed by atoms with van der Waals surface area (Å²) in [6.45, 7) is 11.4. The average molecular weight is 489 g/mol. The van der Waals surface area contributed by atoms with Crippen molar-refractivity contribution >= 4 is 23.8 Å². The normalized spacial score (nSPS) is 12.7. The fourth-order valence-corrected chi connectivity index (χ4v) is 3.45. The van der Waals surface area contributed by atoms with Crippen LogP contribution in [-0.2, 0) is 19.1 Å². The van der Waals surface area contributed by atoms with E-state index in [1.165, 1.54) is 11.0 Å². The molecule has 0 heterocycles. The molecule has 0 aliphatic carbocycles. The van der Waals surface area contributed by atoms with Crippen LogP contribution in [0.15, 0.2) is 43.0 Å². The molecule has 0 bridgehead atoms. The summed E-state index contributed by atoms with van der Waals surface area (Å²) in [5, 5.41) is 5.46. The Balaban J connectivity index is 3.30. The molecule has 1 aromatic rings. The van der Waals surface area contributed by atoms with Gasteiger partial charge < -0.3 is 26.0 Å². The van der Waals surface area contributed by atoms with Gasteiger partial charge in [-0.05, 0) is 39.2 Å². The lowest BCUT2D eigenvalue weighted by Crippen LogP contribution is -2.53. The number of hydrogen-bond donors (Lipinski definition) is 3. The van der Waals surface area contributed by atoms with Crippen LogP contribution in [0.2, 0.25) is 0 Å². The van der Waals surface area contributed by atoms with Crippen molar-refractivity contribution in [1.82, 2.24) is 15.5 Å². The summed E-state index contributed by atoms with van der Waals surface area (Å²) in [6.07, 6.45) is 3.34. The van der Waals surface area contributed by atoms with E-state index in [-0.39, 0.29) is 25.3 Å². The maximum atomic E-state index is 13.7. The van der Waals surface area contributed by atoms with Gasteiger partial charge in [0.15, 0.2) is 0 Å². The van der Waals surface area contributed by atoms with E-state index in [1.54, 1.807) is 45.0 Å². The Morgan fingerprint density at radius 3 is 2.34 bits per heavy atom. The molecule has 194 valence electrons. The van der Waals surface area contributed by atoms with Gasteiger partial charge >= 0.3 is 6.09 Å². The molecule has 0 fully saturated rings. The van der Waals surface area contributed by atoms with E-state index in [0.29, 0.717) is 12.1 Å². The molecule has 9 nitrogen and oxygen atoms in total. The Hall–Kier alpha value is -3.36. The van der Waals surface area contributed by atoms with Crippen LogP contribution in [0.4, 0.5) is 4.79 Å². The van der Waals surface area contributed by atoms with E-state index < -0.39 is 35.6 Å². The van der Waals surface area contributed by atoms with Crippen molar-refractivity contribution in [1.29, 1.82) is 0 Å². The molecule has 0 aromatic heterocycles. The van der Waals surface area contributed by atoms with Gasteiger partial charge in [-0.3, -0.25) is 14.4 Å². The second-order valence-corrected chi connectivity index (χ2v) is 9.29. The van der Waals surface area contributed by atoms with Crippen LogP contribution in [0.3, 0.4) is 0 Å². The molecule has 0 radical (unpaired) electrons. The third kappa shape index (κ3) is 11.1. The van der Waals surface area contributed by atoms with Crippen molar-refractivity contribution in [3.05, 3.63) is 48.6 Å². The first-order valence-corrected chi connectivity index (χ1v) is 12.0. The van der Waals surface area contributed by atoms with Gasteiger partial charge in [-0.1, -0.05) is 56.2 Å². The molecular formula is C26H40N4O5. The molecule has 9 heteroatoms. The van der Waals surface area contributed by atoms with Gasteiger partial charge in [0, 0.05) is 19.5 Å². The predicted octanol–water partition coefficient (Wildman–Crippen LogP) is 3.21. The highest BCUT2D eigenvalue weighted by molar-refractivity contribution is 5.92. The summed E-state index contributed by atoms with van der Waals surface area (Å²) in [6, 6.07) is 6.83. The summed E-state index contributed by atoms with van der Waals surface area (Å²) in [5.74, 6) is -1.50. The average Bonchev–Trinajstić information content (AvgIpc) is 2.78. The van der Waals surface area contributed by atoms with Gasteiger partial charge in [-0.2, -0.15) is 0 Å². The summed E-state index contributed by atoms with van der Waals surface area (Å²) >= 11 is 0. The molecule has 4 N–H and O–H groups in total. The number of carbonyl (C=O) groups is 4. The van der Waals surface area contributed by atoms with Crippen molar-refractivity contribution in [2.24, 2.45) is 5.73 Å². The monoisotopic (exact) mass is 488 g/mol. The summed E-state index contributed by atoms with van der Waals surface area (Å²) in [4.78, 5) is 52.3. The zero-order valence-electron chi connectivity index (χ0n) is 21.3. The number of unbranched alkanes of at least 4 members (excludes halogenated alkanes) is 2. The van der Waals surface area contributed by atoms with Crippen LogP contribution in [0, 0.1) is 0 Å². The zero-order valence-corrected chi connectivity index (χ0v) is 21.3. The van der Waals surface area contributed by atoms with E-state index in [1.807, 2.05) is 6.07 Å². The van der Waals surface area contributed by atoms with Crippen LogP contribution in [-0.4, -0.2) is 53.4 Å². The Morgan fingerprint density at radius 2 is 1.80 bits per heavy atom. The molecular weight excluding hydrogens is 448 g/mol. The number of nitrogens with zero attached hydrogens (tertiary/aromatic N) is 1. The fourth-order valence-electron chi connectivity index (χ4n) is 3.45. The molecule has 0 spiro atoms. The van der Waals surface area contributed by atoms with Crippen LogP contribution in [0.25, 0.3) is 0 Å². The van der Waals surface area contributed by atoms with Crippen LogP contribution >= 0.6 is 0 Å². The SMILES string of the molecule is C=CCN(C(=O)C(CCC(N)=O)NC(=O)OC(C)(C)C)C(C(=O)NCCCCC)c1ccccc1. The Kier molecular flexibility index (Phi) is 12.6. The molecule has 0 aliphatic heterocycles. The first-order valence-electron chi connectivity index (χ1n) is 12.0. The van der Waals surface area contributed by atoms with Gasteiger partial charge in [-0.15, -0.1) is 6.58 Å². The Morgan fingerprint density at radius 1 is 1.14 bits per heavy atom. The topological polar surface area (TPSA) is 131 Å². The molecule has 1 rings (SSSR count). The predicted molar refractivity (Wildman–Crippen MR) is 135 cm³/mol. The van der Waals surface area contributed by atoms with Gasteiger partial charge in [0.05, 0.1) is 0 Å². The van der Waals surface area contributed by atoms with E-state index in [4.69, 9.17) is 10.5 Å². The number of hydrogen-bond acceptors (Lipinski definition) is 5. The molecule has 0 saturated heterocycles. The second kappa shape index (κ2) is 14.8. The number of benzene rings is 1. The number of amides is 4. The lowest BCUT2D eigenvalue weighted by atomic mass is 10.0. The van der Waals surface area contributed by atoms with Crippen LogP contribution in [0.1, 0.15) is 71.4 Å². The van der Waals surface area contributed by atoms with Crippen molar-refractivity contribution in [3.63, 3.8) is 0 Å². The molecule has 4 amide bonds. The first-order chi connectivity index (χ1) is 16.5. The maximum absolute atomic E-state index is 13.7. The second-order valence-electron chi connectivity index (χ2n) is 9.29. The lowest BCUT2D eigenvalue weighted by molar-refractivity contribution is -0.142. The highest BCUT2D eigenvalue weighted by atomic mass is 16.6. The van der Waals surface area contributed by atoms with Gasteiger partial charge in [0.1, 0.15) is 17.7 Å². The molecule has 1 aromatic carbocycles. The highest BCUT2D eigenvalue weighted by Gasteiger charge is 2.35. The highest BCUT2D eigenvalue weighted by Crippen LogP contribution is 2.23. The number of primary amides is 1. The van der Waals surface area contributed by atoms with E-state index in [0.717, 1.165) is 19.3 Å². The third-order valence-corrected chi connectivity index (χ3v) is 5.03. The standard InChI is InChI=1S/C26H40N4O5/c1-6-8-12-17-28-23(32)22(19-13-10-9-11-14-19)30(18-7-2)24(33)20(15-16-21(27)31)29-25(34)35-26(3,4)5/h7,9-11,13-14,20,22H,2,6,8,12,15-18H2,1,3-5H3,(H2,27,31)(H,28,32)(H,29,34). The number of alkyl carbamates (subject to hydrolysis) is 1. The number of nitrogens with one attached hydrogen (secondary N) is 2. The smallest absolute Gasteiger partial charge is 0.408 e. The van der Waals surface area contributed by atoms with E-state index >= 15 is 0 Å².